The van der Waals surface area contributed by atoms with E-state index >= 15 is 0 Å². The summed E-state index contributed by atoms with van der Waals surface area (Å²) in [6, 6.07) is -1.20. The summed E-state index contributed by atoms with van der Waals surface area (Å²) in [4.78, 5) is 25.2. The molecule has 0 aliphatic carbocycles. The van der Waals surface area contributed by atoms with Gasteiger partial charge < -0.3 is 9.64 Å². The van der Waals surface area contributed by atoms with E-state index in [1.165, 1.54) is 12.0 Å². The molecule has 0 aromatic carbocycles. The summed E-state index contributed by atoms with van der Waals surface area (Å²) in [5, 5.41) is 0. The molecule has 1 saturated heterocycles. The van der Waals surface area contributed by atoms with Gasteiger partial charge in [0.25, 0.3) is 0 Å². The SMILES string of the molecule is COC(=O)[C@@H](C)N(C(=O)C(C)C)[C@H]1CCS(=O)(=O)C1. The van der Waals surface area contributed by atoms with Crippen molar-refractivity contribution < 1.29 is 22.7 Å². The number of esters is 1. The normalized spacial score (nSPS) is 23.1. The molecule has 1 aliphatic heterocycles. The highest BCUT2D eigenvalue weighted by Crippen LogP contribution is 2.22. The van der Waals surface area contributed by atoms with Crippen LogP contribution in [0.2, 0.25) is 0 Å². The molecule has 0 spiro atoms. The van der Waals surface area contributed by atoms with Gasteiger partial charge in [0, 0.05) is 12.0 Å². The number of carbonyl (C=O) groups is 2. The van der Waals surface area contributed by atoms with Crippen LogP contribution in [0.5, 0.6) is 0 Å². The Balaban J connectivity index is 3.00. The van der Waals surface area contributed by atoms with Crippen molar-refractivity contribution in [2.75, 3.05) is 18.6 Å². The molecule has 1 rings (SSSR count). The molecule has 1 fully saturated rings. The number of amides is 1. The van der Waals surface area contributed by atoms with Gasteiger partial charge in [-0.15, -0.1) is 0 Å². The maximum atomic E-state index is 12.2. The zero-order valence-corrected chi connectivity index (χ0v) is 12.6. The second-order valence-electron chi connectivity index (χ2n) is 5.16. The minimum Gasteiger partial charge on any atom is -0.467 e. The maximum absolute atomic E-state index is 12.2. The topological polar surface area (TPSA) is 80.8 Å². The molecule has 1 aliphatic rings. The van der Waals surface area contributed by atoms with E-state index in [2.05, 4.69) is 4.74 Å². The lowest BCUT2D eigenvalue weighted by Crippen LogP contribution is -2.51. The first-order chi connectivity index (χ1) is 8.69. The third kappa shape index (κ3) is 3.68. The Hall–Kier alpha value is -1.11. The van der Waals surface area contributed by atoms with Crippen molar-refractivity contribution >= 4 is 21.7 Å². The zero-order chi connectivity index (χ0) is 14.8. The fourth-order valence-corrected chi connectivity index (χ4v) is 3.98. The fraction of sp³-hybridized carbons (Fsp3) is 0.833. The summed E-state index contributed by atoms with van der Waals surface area (Å²) in [7, 11) is -1.86. The van der Waals surface area contributed by atoms with Crippen molar-refractivity contribution in [3.05, 3.63) is 0 Å². The Morgan fingerprint density at radius 2 is 1.84 bits per heavy atom. The van der Waals surface area contributed by atoms with Crippen LogP contribution < -0.4 is 0 Å². The average Bonchev–Trinajstić information content (AvgIpc) is 2.68. The van der Waals surface area contributed by atoms with Crippen LogP contribution in [0, 0.1) is 5.92 Å². The first-order valence-electron chi connectivity index (χ1n) is 6.30. The van der Waals surface area contributed by atoms with Crippen LogP contribution in [0.4, 0.5) is 0 Å². The summed E-state index contributed by atoms with van der Waals surface area (Å²) in [6.07, 6.45) is 0.377. The molecule has 0 N–H and O–H groups in total. The van der Waals surface area contributed by atoms with Crippen molar-refractivity contribution in [2.24, 2.45) is 5.92 Å². The number of carbonyl (C=O) groups excluding carboxylic acids is 2. The van der Waals surface area contributed by atoms with E-state index < -0.39 is 27.9 Å². The minimum absolute atomic E-state index is 0.0629. The average molecular weight is 291 g/mol. The van der Waals surface area contributed by atoms with Gasteiger partial charge in [-0.2, -0.15) is 0 Å². The Kier molecular flexibility index (Phi) is 4.95. The molecule has 0 bridgehead atoms. The Morgan fingerprint density at radius 1 is 1.26 bits per heavy atom. The van der Waals surface area contributed by atoms with Crippen molar-refractivity contribution in [1.29, 1.82) is 0 Å². The summed E-state index contributed by atoms with van der Waals surface area (Å²) in [6.45, 7) is 5.02. The number of nitrogens with zero attached hydrogens (tertiary/aromatic N) is 1. The predicted octanol–water partition coefficient (Wildman–Crippen LogP) is 0.220. The van der Waals surface area contributed by atoms with Gasteiger partial charge in [0.2, 0.25) is 5.91 Å². The van der Waals surface area contributed by atoms with Gasteiger partial charge in [0.1, 0.15) is 6.04 Å². The van der Waals surface area contributed by atoms with Gasteiger partial charge in [-0.25, -0.2) is 13.2 Å². The first-order valence-corrected chi connectivity index (χ1v) is 8.12. The highest BCUT2D eigenvalue weighted by Gasteiger charge is 2.39. The smallest absolute Gasteiger partial charge is 0.328 e. The number of sulfone groups is 1. The molecule has 1 amide bonds. The van der Waals surface area contributed by atoms with Crippen molar-refractivity contribution in [2.45, 2.75) is 39.3 Å². The summed E-state index contributed by atoms with van der Waals surface area (Å²) in [5.74, 6) is -1.06. The lowest BCUT2D eigenvalue weighted by atomic mass is 10.1. The molecule has 19 heavy (non-hydrogen) atoms. The molecule has 2 atom stereocenters. The van der Waals surface area contributed by atoms with Crippen LogP contribution in [0.25, 0.3) is 0 Å². The Morgan fingerprint density at radius 3 is 2.21 bits per heavy atom. The predicted molar refractivity (Wildman–Crippen MR) is 70.2 cm³/mol. The quantitative estimate of drug-likeness (QED) is 0.692. The second kappa shape index (κ2) is 5.90. The standard InChI is InChI=1S/C12H21NO5S/c1-8(2)11(14)13(9(3)12(15)18-4)10-5-6-19(16,17)7-10/h8-10H,5-7H2,1-4H3/t9-,10+/m1/s1. The molecule has 0 saturated carbocycles. The molecule has 0 unspecified atom stereocenters. The van der Waals surface area contributed by atoms with E-state index in [0.29, 0.717) is 6.42 Å². The van der Waals surface area contributed by atoms with Gasteiger partial charge in [-0.1, -0.05) is 13.8 Å². The summed E-state index contributed by atoms with van der Waals surface area (Å²) >= 11 is 0. The molecule has 1 heterocycles. The Bertz CT molecular complexity index is 457. The van der Waals surface area contributed by atoms with Gasteiger partial charge in [-0.3, -0.25) is 4.79 Å². The van der Waals surface area contributed by atoms with E-state index in [4.69, 9.17) is 0 Å². The lowest BCUT2D eigenvalue weighted by molar-refractivity contribution is -0.155. The zero-order valence-electron chi connectivity index (χ0n) is 11.8. The van der Waals surface area contributed by atoms with E-state index in [1.807, 2.05) is 0 Å². The monoisotopic (exact) mass is 291 g/mol. The van der Waals surface area contributed by atoms with Crippen molar-refractivity contribution in [3.8, 4) is 0 Å². The van der Waals surface area contributed by atoms with Gasteiger partial charge in [0.05, 0.1) is 18.6 Å². The van der Waals surface area contributed by atoms with Gasteiger partial charge >= 0.3 is 5.97 Å². The highest BCUT2D eigenvalue weighted by molar-refractivity contribution is 7.91. The largest absolute Gasteiger partial charge is 0.467 e. The molecule has 0 radical (unpaired) electrons. The van der Waals surface area contributed by atoms with Gasteiger partial charge in [-0.05, 0) is 13.3 Å². The molecule has 0 aromatic heterocycles. The number of rotatable bonds is 4. The minimum atomic E-state index is -3.11. The highest BCUT2D eigenvalue weighted by atomic mass is 32.2. The van der Waals surface area contributed by atoms with Crippen LogP contribution in [0.1, 0.15) is 27.2 Å². The third-order valence-corrected chi connectivity index (χ3v) is 5.06. The molecule has 0 aromatic rings. The number of hydrogen-bond acceptors (Lipinski definition) is 5. The van der Waals surface area contributed by atoms with E-state index in [0.717, 1.165) is 0 Å². The van der Waals surface area contributed by atoms with E-state index in [9.17, 15) is 18.0 Å². The van der Waals surface area contributed by atoms with Crippen LogP contribution >= 0.6 is 0 Å². The van der Waals surface area contributed by atoms with Crippen LogP contribution in [0.15, 0.2) is 0 Å². The summed E-state index contributed by atoms with van der Waals surface area (Å²) in [5.41, 5.74) is 0. The van der Waals surface area contributed by atoms with Crippen LogP contribution in [-0.2, 0) is 24.2 Å². The molecule has 7 heteroatoms. The number of hydrogen-bond donors (Lipinski definition) is 0. The molecule has 6 nitrogen and oxygen atoms in total. The van der Waals surface area contributed by atoms with Crippen LogP contribution in [0.3, 0.4) is 0 Å². The number of ether oxygens (including phenoxy) is 1. The first kappa shape index (κ1) is 15.9. The Labute approximate surface area is 114 Å². The molecular formula is C12H21NO5S. The van der Waals surface area contributed by atoms with Crippen molar-refractivity contribution in [1.82, 2.24) is 4.90 Å². The number of methoxy groups -OCH3 is 1. The molecule has 110 valence electrons. The molecular weight excluding hydrogens is 270 g/mol. The van der Waals surface area contributed by atoms with Crippen LogP contribution in [-0.4, -0.2) is 55.9 Å². The second-order valence-corrected chi connectivity index (χ2v) is 7.38. The third-order valence-electron chi connectivity index (χ3n) is 3.31. The lowest BCUT2D eigenvalue weighted by Gasteiger charge is -2.33. The van der Waals surface area contributed by atoms with Gasteiger partial charge in [0.15, 0.2) is 9.84 Å². The fourth-order valence-electron chi connectivity index (χ4n) is 2.26. The van der Waals surface area contributed by atoms with Crippen molar-refractivity contribution in [3.63, 3.8) is 0 Å². The summed E-state index contributed by atoms with van der Waals surface area (Å²) < 4.78 is 27.7. The van der Waals surface area contributed by atoms with E-state index in [1.54, 1.807) is 20.8 Å². The van der Waals surface area contributed by atoms with E-state index in [-0.39, 0.29) is 23.3 Å². The maximum Gasteiger partial charge on any atom is 0.328 e.